The number of carbonyl (C=O) groups excluding carboxylic acids is 1. The highest BCUT2D eigenvalue weighted by Gasteiger charge is 2.48. The summed E-state index contributed by atoms with van der Waals surface area (Å²) in [7, 11) is 0. The second-order valence-electron chi connectivity index (χ2n) is 6.80. The number of esters is 1. The zero-order chi connectivity index (χ0) is 12.7. The first kappa shape index (κ1) is 12.5. The molecule has 0 amide bonds. The van der Waals surface area contributed by atoms with Gasteiger partial charge in [0.15, 0.2) is 6.79 Å². The van der Waals surface area contributed by atoms with Gasteiger partial charge in [-0.05, 0) is 55.8 Å². The summed E-state index contributed by atoms with van der Waals surface area (Å²) < 4.78 is 11.0. The lowest BCUT2D eigenvalue weighted by molar-refractivity contribution is -0.188. The van der Waals surface area contributed by atoms with Crippen LogP contribution in [0.4, 0.5) is 0 Å². The molecule has 4 rings (SSSR count). The standard InChI is InChI=1S/C15H24O3/c1-9(2)15(16)18-8-17-14-12-4-10-3-11(6-12)7-13(14)5-10/h9-14H,3-8H2,1-2H3. The van der Waals surface area contributed by atoms with Crippen molar-refractivity contribution >= 4 is 5.97 Å². The van der Waals surface area contributed by atoms with E-state index in [4.69, 9.17) is 9.47 Å². The van der Waals surface area contributed by atoms with Crippen molar-refractivity contribution in [3.63, 3.8) is 0 Å². The molecule has 0 heterocycles. The highest BCUT2D eigenvalue weighted by Crippen LogP contribution is 2.54. The number of rotatable bonds is 4. The van der Waals surface area contributed by atoms with Gasteiger partial charge in [0.25, 0.3) is 0 Å². The molecule has 3 nitrogen and oxygen atoms in total. The predicted octanol–water partition coefficient (Wildman–Crippen LogP) is 2.98. The van der Waals surface area contributed by atoms with Gasteiger partial charge in [-0.25, -0.2) is 0 Å². The van der Waals surface area contributed by atoms with Gasteiger partial charge < -0.3 is 9.47 Å². The van der Waals surface area contributed by atoms with E-state index in [1.54, 1.807) is 0 Å². The van der Waals surface area contributed by atoms with E-state index < -0.39 is 0 Å². The fourth-order valence-corrected chi connectivity index (χ4v) is 4.48. The third-order valence-corrected chi connectivity index (χ3v) is 5.07. The second kappa shape index (κ2) is 4.84. The number of hydrogen-bond donors (Lipinski definition) is 0. The number of carbonyl (C=O) groups is 1. The van der Waals surface area contributed by atoms with Crippen molar-refractivity contribution < 1.29 is 14.3 Å². The van der Waals surface area contributed by atoms with Crippen molar-refractivity contribution in [2.75, 3.05) is 6.79 Å². The molecule has 0 aromatic heterocycles. The van der Waals surface area contributed by atoms with Crippen LogP contribution in [0.1, 0.15) is 46.0 Å². The van der Waals surface area contributed by atoms with E-state index in [0.29, 0.717) is 6.10 Å². The molecule has 4 aliphatic rings. The van der Waals surface area contributed by atoms with Crippen LogP contribution in [-0.2, 0) is 14.3 Å². The van der Waals surface area contributed by atoms with Gasteiger partial charge in [-0.2, -0.15) is 0 Å². The summed E-state index contributed by atoms with van der Waals surface area (Å²) in [6.07, 6.45) is 7.19. The monoisotopic (exact) mass is 252 g/mol. The minimum atomic E-state index is -0.154. The first-order valence-electron chi connectivity index (χ1n) is 7.41. The van der Waals surface area contributed by atoms with Crippen LogP contribution >= 0.6 is 0 Å². The van der Waals surface area contributed by atoms with Gasteiger partial charge in [0.2, 0.25) is 0 Å². The molecule has 0 aromatic carbocycles. The van der Waals surface area contributed by atoms with Crippen molar-refractivity contribution in [3.05, 3.63) is 0 Å². The third kappa shape index (κ3) is 2.29. The average molecular weight is 252 g/mol. The molecule has 0 N–H and O–H groups in total. The zero-order valence-corrected chi connectivity index (χ0v) is 11.4. The third-order valence-electron chi connectivity index (χ3n) is 5.07. The van der Waals surface area contributed by atoms with Crippen molar-refractivity contribution in [1.29, 1.82) is 0 Å². The molecule has 0 aromatic rings. The van der Waals surface area contributed by atoms with E-state index in [2.05, 4.69) is 0 Å². The highest BCUT2D eigenvalue weighted by atomic mass is 16.7. The van der Waals surface area contributed by atoms with Gasteiger partial charge >= 0.3 is 5.97 Å². The summed E-state index contributed by atoms with van der Waals surface area (Å²) in [5.74, 6) is 3.18. The minimum Gasteiger partial charge on any atom is -0.438 e. The summed E-state index contributed by atoms with van der Waals surface area (Å²) in [5.41, 5.74) is 0. The first-order valence-corrected chi connectivity index (χ1v) is 7.41. The van der Waals surface area contributed by atoms with Crippen LogP contribution < -0.4 is 0 Å². The van der Waals surface area contributed by atoms with Crippen molar-refractivity contribution in [3.8, 4) is 0 Å². The van der Waals surface area contributed by atoms with Gasteiger partial charge in [0.1, 0.15) is 0 Å². The van der Waals surface area contributed by atoms with Gasteiger partial charge in [-0.15, -0.1) is 0 Å². The van der Waals surface area contributed by atoms with Gasteiger partial charge in [-0.3, -0.25) is 4.79 Å². The van der Waals surface area contributed by atoms with Crippen molar-refractivity contribution in [1.82, 2.24) is 0 Å². The summed E-state index contributed by atoms with van der Waals surface area (Å²) >= 11 is 0. The maximum Gasteiger partial charge on any atom is 0.310 e. The van der Waals surface area contributed by atoms with E-state index in [1.165, 1.54) is 32.1 Å². The Bertz CT molecular complexity index is 296. The molecular weight excluding hydrogens is 228 g/mol. The molecule has 0 unspecified atom stereocenters. The lowest BCUT2D eigenvalue weighted by Crippen LogP contribution is -2.49. The normalized spacial score (nSPS) is 41.4. The first-order chi connectivity index (χ1) is 8.63. The summed E-state index contributed by atoms with van der Waals surface area (Å²) in [4.78, 5) is 11.4. The SMILES string of the molecule is CC(C)C(=O)OCOC1C2CC3CC(C2)CC1C3. The quantitative estimate of drug-likeness (QED) is 0.570. The van der Waals surface area contributed by atoms with Crippen LogP contribution in [0, 0.1) is 29.6 Å². The lowest BCUT2D eigenvalue weighted by atomic mass is 9.55. The second-order valence-corrected chi connectivity index (χ2v) is 6.80. The van der Waals surface area contributed by atoms with Crippen LogP contribution in [0.2, 0.25) is 0 Å². The van der Waals surface area contributed by atoms with E-state index in [-0.39, 0.29) is 18.7 Å². The molecule has 3 heteroatoms. The van der Waals surface area contributed by atoms with Crippen molar-refractivity contribution in [2.45, 2.75) is 52.1 Å². The molecule has 0 saturated heterocycles. The Morgan fingerprint density at radius 1 is 1.06 bits per heavy atom. The fraction of sp³-hybridized carbons (Fsp3) is 0.933. The number of hydrogen-bond acceptors (Lipinski definition) is 3. The molecule has 102 valence electrons. The lowest BCUT2D eigenvalue weighted by Gasteiger charge is -2.53. The molecular formula is C15H24O3. The maximum absolute atomic E-state index is 11.4. The van der Waals surface area contributed by atoms with Crippen molar-refractivity contribution in [2.24, 2.45) is 29.6 Å². The molecule has 0 spiro atoms. The molecule has 0 atom stereocenters. The molecule has 4 saturated carbocycles. The Balaban J connectivity index is 1.50. The molecule has 4 fully saturated rings. The smallest absolute Gasteiger partial charge is 0.310 e. The zero-order valence-electron chi connectivity index (χ0n) is 11.4. The Morgan fingerprint density at radius 2 is 1.61 bits per heavy atom. The van der Waals surface area contributed by atoms with Crippen LogP contribution in [0.5, 0.6) is 0 Å². The van der Waals surface area contributed by atoms with Crippen LogP contribution in [0.25, 0.3) is 0 Å². The number of ether oxygens (including phenoxy) is 2. The van der Waals surface area contributed by atoms with Crippen LogP contribution in [0.15, 0.2) is 0 Å². The van der Waals surface area contributed by atoms with E-state index in [9.17, 15) is 4.79 Å². The van der Waals surface area contributed by atoms with Gasteiger partial charge in [0.05, 0.1) is 12.0 Å². The van der Waals surface area contributed by atoms with Crippen LogP contribution in [-0.4, -0.2) is 18.9 Å². The Hall–Kier alpha value is -0.570. The summed E-state index contributed by atoms with van der Waals surface area (Å²) in [5, 5.41) is 0. The van der Waals surface area contributed by atoms with Gasteiger partial charge in [0, 0.05) is 0 Å². The van der Waals surface area contributed by atoms with E-state index in [0.717, 1.165) is 23.7 Å². The van der Waals surface area contributed by atoms with Gasteiger partial charge in [-0.1, -0.05) is 13.8 Å². The molecule has 18 heavy (non-hydrogen) atoms. The molecule has 0 aliphatic heterocycles. The van der Waals surface area contributed by atoms with E-state index >= 15 is 0 Å². The van der Waals surface area contributed by atoms with Crippen LogP contribution in [0.3, 0.4) is 0 Å². The minimum absolute atomic E-state index is 0.0629. The fourth-order valence-electron chi connectivity index (χ4n) is 4.48. The Labute approximate surface area is 109 Å². The predicted molar refractivity (Wildman–Crippen MR) is 67.7 cm³/mol. The summed E-state index contributed by atoms with van der Waals surface area (Å²) in [6, 6.07) is 0. The Morgan fingerprint density at radius 3 is 2.11 bits per heavy atom. The summed E-state index contributed by atoms with van der Waals surface area (Å²) in [6.45, 7) is 3.86. The highest BCUT2D eigenvalue weighted by molar-refractivity contribution is 5.71. The average Bonchev–Trinajstić information content (AvgIpc) is 2.31. The molecule has 0 radical (unpaired) electrons. The topological polar surface area (TPSA) is 35.5 Å². The molecule has 4 aliphatic carbocycles. The largest absolute Gasteiger partial charge is 0.438 e. The Kier molecular flexibility index (Phi) is 3.35. The maximum atomic E-state index is 11.4. The van der Waals surface area contributed by atoms with E-state index in [1.807, 2.05) is 13.8 Å². The molecule has 4 bridgehead atoms.